The summed E-state index contributed by atoms with van der Waals surface area (Å²) in [6.07, 6.45) is 6.33. The number of hydrogen-bond acceptors (Lipinski definition) is 3. The van der Waals surface area contributed by atoms with Crippen molar-refractivity contribution in [3.05, 3.63) is 58.6 Å². The van der Waals surface area contributed by atoms with Gasteiger partial charge < -0.3 is 5.32 Å². The Hall–Kier alpha value is -1.45. The third-order valence-electron chi connectivity index (χ3n) is 3.03. The highest BCUT2D eigenvalue weighted by atomic mass is 35.5. The van der Waals surface area contributed by atoms with Crippen LogP contribution >= 0.6 is 11.6 Å². The van der Waals surface area contributed by atoms with Crippen molar-refractivity contribution in [3.63, 3.8) is 0 Å². The molecule has 1 heterocycles. The Labute approximate surface area is 119 Å². The molecule has 0 fully saturated rings. The SMILES string of the molecule is CCCNC(c1cncnc1)c1ccc(Cl)c(C)c1. The number of aromatic nitrogens is 2. The zero-order valence-corrected chi connectivity index (χ0v) is 12.0. The summed E-state index contributed by atoms with van der Waals surface area (Å²) in [6, 6.07) is 6.21. The molecule has 0 amide bonds. The summed E-state index contributed by atoms with van der Waals surface area (Å²) >= 11 is 6.09. The molecule has 4 heteroatoms. The van der Waals surface area contributed by atoms with Crippen LogP contribution in [-0.2, 0) is 0 Å². The van der Waals surface area contributed by atoms with Gasteiger partial charge in [-0.3, -0.25) is 0 Å². The lowest BCUT2D eigenvalue weighted by Gasteiger charge is -2.19. The molecule has 0 bridgehead atoms. The standard InChI is InChI=1S/C15H18ClN3/c1-3-6-19-15(13-8-17-10-18-9-13)12-4-5-14(16)11(2)7-12/h4-5,7-10,15,19H,3,6H2,1-2H3. The zero-order chi connectivity index (χ0) is 13.7. The minimum Gasteiger partial charge on any atom is -0.306 e. The van der Waals surface area contributed by atoms with Crippen LogP contribution in [0.2, 0.25) is 5.02 Å². The number of hydrogen-bond donors (Lipinski definition) is 1. The van der Waals surface area contributed by atoms with E-state index in [9.17, 15) is 0 Å². The second-order valence-corrected chi connectivity index (χ2v) is 4.97. The number of halogens is 1. The highest BCUT2D eigenvalue weighted by Crippen LogP contribution is 2.25. The molecular formula is C15H18ClN3. The molecule has 0 aliphatic rings. The Kier molecular flexibility index (Phi) is 4.88. The molecule has 0 aliphatic carbocycles. The van der Waals surface area contributed by atoms with Gasteiger partial charge in [-0.05, 0) is 37.1 Å². The molecule has 0 spiro atoms. The Bertz CT molecular complexity index is 528. The minimum absolute atomic E-state index is 0.108. The second kappa shape index (κ2) is 6.64. The van der Waals surface area contributed by atoms with Crippen LogP contribution in [0.5, 0.6) is 0 Å². The molecule has 3 nitrogen and oxygen atoms in total. The Morgan fingerprint density at radius 3 is 2.58 bits per heavy atom. The molecule has 0 saturated heterocycles. The first kappa shape index (κ1) is 14.0. The fourth-order valence-corrected chi connectivity index (χ4v) is 2.14. The topological polar surface area (TPSA) is 37.8 Å². The third kappa shape index (κ3) is 3.52. The van der Waals surface area contributed by atoms with Crippen molar-refractivity contribution in [3.8, 4) is 0 Å². The summed E-state index contributed by atoms with van der Waals surface area (Å²) in [6.45, 7) is 5.12. The van der Waals surface area contributed by atoms with E-state index in [2.05, 4.69) is 34.3 Å². The number of nitrogens with one attached hydrogen (secondary N) is 1. The van der Waals surface area contributed by atoms with Gasteiger partial charge in [0.25, 0.3) is 0 Å². The first-order chi connectivity index (χ1) is 9.22. The predicted octanol–water partition coefficient (Wildman–Crippen LogP) is 3.53. The molecule has 1 atom stereocenters. The van der Waals surface area contributed by atoms with Gasteiger partial charge in [0.15, 0.2) is 0 Å². The van der Waals surface area contributed by atoms with Gasteiger partial charge in [-0.2, -0.15) is 0 Å². The largest absolute Gasteiger partial charge is 0.306 e. The van der Waals surface area contributed by atoms with Gasteiger partial charge in [-0.1, -0.05) is 30.7 Å². The molecule has 1 aromatic heterocycles. The van der Waals surface area contributed by atoms with Crippen molar-refractivity contribution >= 4 is 11.6 Å². The van der Waals surface area contributed by atoms with Gasteiger partial charge in [0, 0.05) is 23.0 Å². The van der Waals surface area contributed by atoms with Gasteiger partial charge in [-0.25, -0.2) is 9.97 Å². The first-order valence-corrected chi connectivity index (χ1v) is 6.84. The van der Waals surface area contributed by atoms with Crippen LogP contribution in [0, 0.1) is 6.92 Å². The van der Waals surface area contributed by atoms with Crippen molar-refractivity contribution in [1.82, 2.24) is 15.3 Å². The van der Waals surface area contributed by atoms with E-state index in [-0.39, 0.29) is 6.04 Å². The molecule has 19 heavy (non-hydrogen) atoms. The van der Waals surface area contributed by atoms with E-state index in [1.807, 2.05) is 25.4 Å². The van der Waals surface area contributed by atoms with Crippen LogP contribution in [0.3, 0.4) is 0 Å². The third-order valence-corrected chi connectivity index (χ3v) is 3.45. The van der Waals surface area contributed by atoms with Crippen molar-refractivity contribution in [2.45, 2.75) is 26.3 Å². The molecule has 0 radical (unpaired) electrons. The molecule has 100 valence electrons. The van der Waals surface area contributed by atoms with Gasteiger partial charge in [0.1, 0.15) is 6.33 Å². The molecule has 0 saturated carbocycles. The maximum atomic E-state index is 6.09. The summed E-state index contributed by atoms with van der Waals surface area (Å²) < 4.78 is 0. The smallest absolute Gasteiger partial charge is 0.115 e. The summed E-state index contributed by atoms with van der Waals surface area (Å²) in [5.74, 6) is 0. The van der Waals surface area contributed by atoms with Crippen LogP contribution < -0.4 is 5.32 Å². The van der Waals surface area contributed by atoms with E-state index in [1.54, 1.807) is 6.33 Å². The lowest BCUT2D eigenvalue weighted by atomic mass is 9.99. The van der Waals surface area contributed by atoms with E-state index in [0.717, 1.165) is 29.1 Å². The summed E-state index contributed by atoms with van der Waals surface area (Å²) in [7, 11) is 0. The van der Waals surface area contributed by atoms with Crippen molar-refractivity contribution < 1.29 is 0 Å². The van der Waals surface area contributed by atoms with Gasteiger partial charge in [0.05, 0.1) is 6.04 Å². The predicted molar refractivity (Wildman–Crippen MR) is 78.4 cm³/mol. The van der Waals surface area contributed by atoms with E-state index in [0.29, 0.717) is 0 Å². The maximum absolute atomic E-state index is 6.09. The fourth-order valence-electron chi connectivity index (χ4n) is 2.02. The monoisotopic (exact) mass is 275 g/mol. The average molecular weight is 276 g/mol. The molecular weight excluding hydrogens is 258 g/mol. The van der Waals surface area contributed by atoms with Crippen LogP contribution in [0.1, 0.15) is 36.1 Å². The average Bonchev–Trinajstić information content (AvgIpc) is 2.44. The molecule has 1 unspecified atom stereocenters. The van der Waals surface area contributed by atoms with Crippen LogP contribution in [0.4, 0.5) is 0 Å². The van der Waals surface area contributed by atoms with Crippen molar-refractivity contribution in [2.24, 2.45) is 0 Å². The summed E-state index contributed by atoms with van der Waals surface area (Å²) in [4.78, 5) is 8.20. The van der Waals surface area contributed by atoms with Crippen molar-refractivity contribution in [2.75, 3.05) is 6.54 Å². The quantitative estimate of drug-likeness (QED) is 0.907. The number of aryl methyl sites for hydroxylation is 1. The number of benzene rings is 1. The molecule has 1 aromatic carbocycles. The fraction of sp³-hybridized carbons (Fsp3) is 0.333. The van der Waals surface area contributed by atoms with E-state index < -0.39 is 0 Å². The number of nitrogens with zero attached hydrogens (tertiary/aromatic N) is 2. The van der Waals surface area contributed by atoms with Crippen LogP contribution in [-0.4, -0.2) is 16.5 Å². The Balaban J connectivity index is 2.34. The first-order valence-electron chi connectivity index (χ1n) is 6.46. The lowest BCUT2D eigenvalue weighted by Crippen LogP contribution is -2.23. The van der Waals surface area contributed by atoms with Crippen molar-refractivity contribution in [1.29, 1.82) is 0 Å². The second-order valence-electron chi connectivity index (χ2n) is 4.57. The van der Waals surface area contributed by atoms with Crippen LogP contribution in [0.15, 0.2) is 36.9 Å². The Morgan fingerprint density at radius 2 is 1.95 bits per heavy atom. The van der Waals surface area contributed by atoms with E-state index in [1.165, 1.54) is 5.56 Å². The van der Waals surface area contributed by atoms with Gasteiger partial charge in [-0.15, -0.1) is 0 Å². The molecule has 2 aromatic rings. The van der Waals surface area contributed by atoms with Gasteiger partial charge in [0.2, 0.25) is 0 Å². The van der Waals surface area contributed by atoms with Gasteiger partial charge >= 0.3 is 0 Å². The van der Waals surface area contributed by atoms with E-state index >= 15 is 0 Å². The normalized spacial score (nSPS) is 12.4. The Morgan fingerprint density at radius 1 is 1.21 bits per heavy atom. The lowest BCUT2D eigenvalue weighted by molar-refractivity contribution is 0.595. The maximum Gasteiger partial charge on any atom is 0.115 e. The highest BCUT2D eigenvalue weighted by Gasteiger charge is 2.14. The zero-order valence-electron chi connectivity index (χ0n) is 11.2. The minimum atomic E-state index is 0.108. The molecule has 2 rings (SSSR count). The highest BCUT2D eigenvalue weighted by molar-refractivity contribution is 6.31. The summed E-state index contributed by atoms with van der Waals surface area (Å²) in [5, 5.41) is 4.32. The molecule has 1 N–H and O–H groups in total. The summed E-state index contributed by atoms with van der Waals surface area (Å²) in [5.41, 5.74) is 3.34. The van der Waals surface area contributed by atoms with E-state index in [4.69, 9.17) is 11.6 Å². The van der Waals surface area contributed by atoms with Crippen LogP contribution in [0.25, 0.3) is 0 Å². The molecule has 0 aliphatic heterocycles. The number of rotatable bonds is 5.